The van der Waals surface area contributed by atoms with E-state index in [1.54, 1.807) is 0 Å². The molecule has 2 rings (SSSR count). The highest BCUT2D eigenvalue weighted by Gasteiger charge is 2.30. The zero-order valence-electron chi connectivity index (χ0n) is 12.9. The van der Waals surface area contributed by atoms with E-state index in [0.29, 0.717) is 5.92 Å². The first-order valence-corrected chi connectivity index (χ1v) is 8.57. The van der Waals surface area contributed by atoms with Crippen molar-refractivity contribution >= 4 is 11.6 Å². The zero-order chi connectivity index (χ0) is 14.4. The summed E-state index contributed by atoms with van der Waals surface area (Å²) in [5.41, 5.74) is 2.77. The van der Waals surface area contributed by atoms with E-state index in [2.05, 4.69) is 43.4 Å². The molecular formula is C18H28ClN. The van der Waals surface area contributed by atoms with Gasteiger partial charge in [0.15, 0.2) is 0 Å². The second-order valence-electron chi connectivity index (χ2n) is 6.18. The van der Waals surface area contributed by atoms with Crippen molar-refractivity contribution in [1.29, 1.82) is 0 Å². The van der Waals surface area contributed by atoms with Gasteiger partial charge in [-0.25, -0.2) is 0 Å². The minimum atomic E-state index is 0.278. The predicted octanol–water partition coefficient (Wildman–Crippen LogP) is 4.88. The van der Waals surface area contributed by atoms with Crippen molar-refractivity contribution in [3.63, 3.8) is 0 Å². The Balaban J connectivity index is 2.15. The Hall–Kier alpha value is -0.530. The number of aryl methyl sites for hydroxylation is 1. The molecule has 1 fully saturated rings. The number of hydrogen-bond acceptors (Lipinski definition) is 1. The molecule has 0 aliphatic carbocycles. The van der Waals surface area contributed by atoms with Gasteiger partial charge < -0.3 is 5.32 Å². The van der Waals surface area contributed by atoms with Crippen LogP contribution in [-0.4, -0.2) is 18.5 Å². The molecule has 2 atom stereocenters. The van der Waals surface area contributed by atoms with Gasteiger partial charge in [-0.2, -0.15) is 0 Å². The SMILES string of the molecule is CCCCC(Cl)C(c1ccc(C)cc1)C1CCNCC1. The first kappa shape index (κ1) is 15.9. The average Bonchev–Trinajstić information content (AvgIpc) is 2.48. The average molecular weight is 294 g/mol. The molecule has 1 saturated heterocycles. The lowest BCUT2D eigenvalue weighted by molar-refractivity contribution is 0.305. The van der Waals surface area contributed by atoms with Crippen LogP contribution in [0.5, 0.6) is 0 Å². The fourth-order valence-electron chi connectivity index (χ4n) is 3.35. The summed E-state index contributed by atoms with van der Waals surface area (Å²) in [6.07, 6.45) is 6.12. The lowest BCUT2D eigenvalue weighted by Gasteiger charge is -2.34. The maximum atomic E-state index is 6.81. The van der Waals surface area contributed by atoms with Crippen molar-refractivity contribution < 1.29 is 0 Å². The number of rotatable bonds is 6. The molecule has 0 saturated carbocycles. The quantitative estimate of drug-likeness (QED) is 0.737. The van der Waals surface area contributed by atoms with Crippen LogP contribution in [0.1, 0.15) is 56.1 Å². The molecular weight excluding hydrogens is 266 g/mol. The Morgan fingerprint density at radius 3 is 2.45 bits per heavy atom. The molecule has 1 heterocycles. The lowest BCUT2D eigenvalue weighted by atomic mass is 9.77. The Morgan fingerprint density at radius 1 is 1.20 bits per heavy atom. The van der Waals surface area contributed by atoms with Gasteiger partial charge in [0, 0.05) is 11.3 Å². The van der Waals surface area contributed by atoms with E-state index in [9.17, 15) is 0 Å². The zero-order valence-corrected chi connectivity index (χ0v) is 13.6. The van der Waals surface area contributed by atoms with Gasteiger partial charge in [-0.3, -0.25) is 0 Å². The molecule has 1 nitrogen and oxygen atoms in total. The van der Waals surface area contributed by atoms with Crippen LogP contribution in [0.4, 0.5) is 0 Å². The van der Waals surface area contributed by atoms with Crippen LogP contribution in [0.15, 0.2) is 24.3 Å². The molecule has 1 aromatic carbocycles. The molecule has 20 heavy (non-hydrogen) atoms. The molecule has 2 heteroatoms. The van der Waals surface area contributed by atoms with Crippen molar-refractivity contribution in [2.24, 2.45) is 5.92 Å². The van der Waals surface area contributed by atoms with Crippen LogP contribution in [-0.2, 0) is 0 Å². The lowest BCUT2D eigenvalue weighted by Crippen LogP contribution is -2.33. The van der Waals surface area contributed by atoms with Crippen molar-refractivity contribution in [3.05, 3.63) is 35.4 Å². The van der Waals surface area contributed by atoms with Gasteiger partial charge in [0.2, 0.25) is 0 Å². The van der Waals surface area contributed by atoms with Gasteiger partial charge in [0.25, 0.3) is 0 Å². The standard InChI is InChI=1S/C18H28ClN/c1-3-4-5-17(19)18(16-10-12-20-13-11-16)15-8-6-14(2)7-9-15/h6-9,16-18,20H,3-5,10-13H2,1-2H3. The van der Waals surface area contributed by atoms with Crippen LogP contribution >= 0.6 is 11.6 Å². The largest absolute Gasteiger partial charge is 0.317 e. The van der Waals surface area contributed by atoms with E-state index in [1.807, 2.05) is 0 Å². The molecule has 0 aromatic heterocycles. The van der Waals surface area contributed by atoms with Gasteiger partial charge in [-0.05, 0) is 50.8 Å². The van der Waals surface area contributed by atoms with Crippen LogP contribution in [0.2, 0.25) is 0 Å². The number of halogens is 1. The fraction of sp³-hybridized carbons (Fsp3) is 0.667. The van der Waals surface area contributed by atoms with Gasteiger partial charge >= 0.3 is 0 Å². The van der Waals surface area contributed by atoms with Crippen molar-refractivity contribution in [3.8, 4) is 0 Å². The van der Waals surface area contributed by atoms with Crippen LogP contribution in [0.3, 0.4) is 0 Å². The first-order valence-electron chi connectivity index (χ1n) is 8.13. The summed E-state index contributed by atoms with van der Waals surface area (Å²) in [6, 6.07) is 9.05. The first-order chi connectivity index (χ1) is 9.72. The third-order valence-corrected chi connectivity index (χ3v) is 5.07. The molecule has 0 spiro atoms. The Morgan fingerprint density at radius 2 is 1.85 bits per heavy atom. The number of nitrogens with one attached hydrogen (secondary N) is 1. The normalized spacial score (nSPS) is 19.8. The maximum absolute atomic E-state index is 6.81. The molecule has 112 valence electrons. The molecule has 0 bridgehead atoms. The summed E-state index contributed by atoms with van der Waals surface area (Å²) in [4.78, 5) is 0. The van der Waals surface area contributed by atoms with E-state index in [-0.39, 0.29) is 5.38 Å². The summed E-state index contributed by atoms with van der Waals surface area (Å²) >= 11 is 6.81. The fourth-order valence-corrected chi connectivity index (χ4v) is 3.85. The Kier molecular flexibility index (Phi) is 6.38. The molecule has 0 radical (unpaired) electrons. The predicted molar refractivity (Wildman–Crippen MR) is 88.7 cm³/mol. The minimum absolute atomic E-state index is 0.278. The molecule has 1 aliphatic heterocycles. The summed E-state index contributed by atoms with van der Waals surface area (Å²) < 4.78 is 0. The minimum Gasteiger partial charge on any atom is -0.317 e. The van der Waals surface area contributed by atoms with Gasteiger partial charge in [-0.1, -0.05) is 49.6 Å². The number of unbranched alkanes of at least 4 members (excludes halogenated alkanes) is 1. The third-order valence-electron chi connectivity index (χ3n) is 4.58. The number of piperidine rings is 1. The highest BCUT2D eigenvalue weighted by Crippen LogP contribution is 2.38. The molecule has 1 aliphatic rings. The van der Waals surface area contributed by atoms with Crippen LogP contribution < -0.4 is 5.32 Å². The van der Waals surface area contributed by atoms with E-state index >= 15 is 0 Å². The third kappa shape index (κ3) is 4.23. The van der Waals surface area contributed by atoms with Crippen LogP contribution in [0, 0.1) is 12.8 Å². The maximum Gasteiger partial charge on any atom is 0.0407 e. The Bertz CT molecular complexity index is 381. The monoisotopic (exact) mass is 293 g/mol. The smallest absolute Gasteiger partial charge is 0.0407 e. The highest BCUT2D eigenvalue weighted by molar-refractivity contribution is 6.21. The highest BCUT2D eigenvalue weighted by atomic mass is 35.5. The molecule has 2 unspecified atom stereocenters. The van der Waals surface area contributed by atoms with E-state index in [1.165, 1.54) is 36.8 Å². The second-order valence-corrected chi connectivity index (χ2v) is 6.74. The summed E-state index contributed by atoms with van der Waals surface area (Å²) in [7, 11) is 0. The number of alkyl halides is 1. The van der Waals surface area contributed by atoms with Crippen molar-refractivity contribution in [2.45, 2.75) is 57.2 Å². The summed E-state index contributed by atoms with van der Waals surface area (Å²) in [5.74, 6) is 1.25. The van der Waals surface area contributed by atoms with E-state index in [4.69, 9.17) is 11.6 Å². The molecule has 1 aromatic rings. The van der Waals surface area contributed by atoms with Crippen molar-refractivity contribution in [2.75, 3.05) is 13.1 Å². The number of benzene rings is 1. The summed E-state index contributed by atoms with van der Waals surface area (Å²) in [5, 5.41) is 3.75. The second kappa shape index (κ2) is 8.05. The van der Waals surface area contributed by atoms with Gasteiger partial charge in [-0.15, -0.1) is 11.6 Å². The summed E-state index contributed by atoms with van der Waals surface area (Å²) in [6.45, 7) is 6.68. The van der Waals surface area contributed by atoms with Crippen LogP contribution in [0.25, 0.3) is 0 Å². The van der Waals surface area contributed by atoms with Crippen molar-refractivity contribution in [1.82, 2.24) is 5.32 Å². The topological polar surface area (TPSA) is 12.0 Å². The molecule has 0 amide bonds. The Labute approximate surface area is 129 Å². The molecule has 1 N–H and O–H groups in total. The van der Waals surface area contributed by atoms with E-state index in [0.717, 1.165) is 25.4 Å². The van der Waals surface area contributed by atoms with Gasteiger partial charge in [0.05, 0.1) is 0 Å². The van der Waals surface area contributed by atoms with Gasteiger partial charge in [0.1, 0.15) is 0 Å². The van der Waals surface area contributed by atoms with E-state index < -0.39 is 0 Å². The number of hydrogen-bond donors (Lipinski definition) is 1.